The molecule has 0 aromatic carbocycles. The molecule has 0 amide bonds. The van der Waals surface area contributed by atoms with E-state index in [1.165, 1.54) is 0 Å². The quantitative estimate of drug-likeness (QED) is 0.903. The molecule has 0 saturated carbocycles. The van der Waals surface area contributed by atoms with Gasteiger partial charge in [-0.05, 0) is 25.1 Å². The molecule has 2 heterocycles. The topological polar surface area (TPSA) is 50.7 Å². The number of nitrogens with one attached hydrogen (secondary N) is 1. The summed E-state index contributed by atoms with van der Waals surface area (Å²) in [6, 6.07) is 5.51. The van der Waals surface area contributed by atoms with E-state index in [2.05, 4.69) is 20.3 Å². The van der Waals surface area contributed by atoms with Gasteiger partial charge in [-0.1, -0.05) is 11.6 Å². The van der Waals surface area contributed by atoms with Crippen molar-refractivity contribution >= 4 is 11.6 Å². The van der Waals surface area contributed by atoms with E-state index >= 15 is 0 Å². The average Bonchev–Trinajstić information content (AvgIpc) is 2.38. The molecule has 0 fully saturated rings. The van der Waals surface area contributed by atoms with Crippen LogP contribution in [0, 0.1) is 0 Å². The minimum absolute atomic E-state index is 0.0641. The SMILES string of the molecule is CC(NCc1ncccc1Cl)c1ncccn1. The molecule has 2 rings (SSSR count). The van der Waals surface area contributed by atoms with Crippen LogP contribution in [0.3, 0.4) is 0 Å². The second kappa shape index (κ2) is 5.70. The summed E-state index contributed by atoms with van der Waals surface area (Å²) in [6.45, 7) is 2.60. The zero-order valence-electron chi connectivity index (χ0n) is 9.47. The lowest BCUT2D eigenvalue weighted by Gasteiger charge is -2.12. The summed E-state index contributed by atoms with van der Waals surface area (Å²) in [5, 5.41) is 3.95. The fourth-order valence-corrected chi connectivity index (χ4v) is 1.61. The minimum atomic E-state index is 0.0641. The largest absolute Gasteiger partial charge is 0.302 e. The summed E-state index contributed by atoms with van der Waals surface area (Å²) in [7, 11) is 0. The van der Waals surface area contributed by atoms with Gasteiger partial charge in [-0.25, -0.2) is 9.97 Å². The highest BCUT2D eigenvalue weighted by molar-refractivity contribution is 6.31. The molecule has 0 saturated heterocycles. The van der Waals surface area contributed by atoms with E-state index in [1.54, 1.807) is 24.7 Å². The van der Waals surface area contributed by atoms with Gasteiger partial charge < -0.3 is 5.32 Å². The third-order valence-corrected chi connectivity index (χ3v) is 2.73. The van der Waals surface area contributed by atoms with Crippen LogP contribution < -0.4 is 5.32 Å². The third kappa shape index (κ3) is 3.22. The van der Waals surface area contributed by atoms with Crippen LogP contribution in [0.25, 0.3) is 0 Å². The van der Waals surface area contributed by atoms with Gasteiger partial charge in [-0.2, -0.15) is 0 Å². The lowest BCUT2D eigenvalue weighted by Crippen LogP contribution is -2.20. The molecule has 1 atom stereocenters. The Labute approximate surface area is 105 Å². The van der Waals surface area contributed by atoms with Crippen molar-refractivity contribution in [3.05, 3.63) is 53.3 Å². The van der Waals surface area contributed by atoms with Crippen molar-refractivity contribution in [2.24, 2.45) is 0 Å². The predicted molar refractivity (Wildman–Crippen MR) is 66.5 cm³/mol. The molecule has 0 aliphatic carbocycles. The molecule has 1 unspecified atom stereocenters. The van der Waals surface area contributed by atoms with E-state index in [0.29, 0.717) is 11.6 Å². The van der Waals surface area contributed by atoms with E-state index in [-0.39, 0.29) is 6.04 Å². The summed E-state index contributed by atoms with van der Waals surface area (Å²) in [6.07, 6.45) is 5.19. The first-order chi connectivity index (χ1) is 8.27. The Morgan fingerprint density at radius 1 is 1.18 bits per heavy atom. The van der Waals surface area contributed by atoms with E-state index in [9.17, 15) is 0 Å². The molecule has 0 bridgehead atoms. The lowest BCUT2D eigenvalue weighted by atomic mass is 10.3. The third-order valence-electron chi connectivity index (χ3n) is 2.38. The van der Waals surface area contributed by atoms with Crippen molar-refractivity contribution in [3.63, 3.8) is 0 Å². The van der Waals surface area contributed by atoms with E-state index in [1.807, 2.05) is 19.1 Å². The van der Waals surface area contributed by atoms with Crippen LogP contribution in [-0.4, -0.2) is 15.0 Å². The van der Waals surface area contributed by atoms with E-state index in [0.717, 1.165) is 11.5 Å². The lowest BCUT2D eigenvalue weighted by molar-refractivity contribution is 0.540. The number of hydrogen-bond acceptors (Lipinski definition) is 4. The molecule has 0 spiro atoms. The van der Waals surface area contributed by atoms with Crippen LogP contribution in [0.1, 0.15) is 24.5 Å². The summed E-state index contributed by atoms with van der Waals surface area (Å²) in [5.41, 5.74) is 0.831. The zero-order valence-corrected chi connectivity index (χ0v) is 10.2. The van der Waals surface area contributed by atoms with Crippen LogP contribution in [0.2, 0.25) is 5.02 Å². The van der Waals surface area contributed by atoms with Crippen molar-refractivity contribution < 1.29 is 0 Å². The predicted octanol–water partition coefficient (Wildman–Crippen LogP) is 2.38. The van der Waals surface area contributed by atoms with Crippen LogP contribution in [-0.2, 0) is 6.54 Å². The van der Waals surface area contributed by atoms with Gasteiger partial charge in [0.2, 0.25) is 0 Å². The standard InChI is InChI=1S/C12H13ClN4/c1-9(12-15-6-3-7-16-12)17-8-11-10(13)4-2-5-14-11/h2-7,9,17H,8H2,1H3. The first kappa shape index (κ1) is 12.0. The normalized spacial score (nSPS) is 12.4. The van der Waals surface area contributed by atoms with Crippen LogP contribution in [0.15, 0.2) is 36.8 Å². The number of nitrogens with zero attached hydrogens (tertiary/aromatic N) is 3. The molecule has 1 N–H and O–H groups in total. The maximum atomic E-state index is 6.02. The first-order valence-corrected chi connectivity index (χ1v) is 5.75. The summed E-state index contributed by atoms with van der Waals surface area (Å²) in [5.74, 6) is 0.763. The van der Waals surface area contributed by atoms with Gasteiger partial charge in [0.05, 0.1) is 16.8 Å². The minimum Gasteiger partial charge on any atom is -0.302 e. The maximum Gasteiger partial charge on any atom is 0.144 e. The number of hydrogen-bond donors (Lipinski definition) is 1. The molecule has 0 aliphatic rings. The van der Waals surface area contributed by atoms with Gasteiger partial charge in [0.1, 0.15) is 5.82 Å². The number of aromatic nitrogens is 3. The molecule has 0 aliphatic heterocycles. The average molecular weight is 249 g/mol. The molecule has 17 heavy (non-hydrogen) atoms. The van der Waals surface area contributed by atoms with Gasteiger partial charge in [0.15, 0.2) is 0 Å². The monoisotopic (exact) mass is 248 g/mol. The molecule has 0 radical (unpaired) electrons. The second-order valence-corrected chi connectivity index (χ2v) is 4.05. The highest BCUT2D eigenvalue weighted by Crippen LogP contribution is 2.13. The Bertz CT molecular complexity index is 475. The Kier molecular flexibility index (Phi) is 4.01. The zero-order chi connectivity index (χ0) is 12.1. The molecule has 5 heteroatoms. The Hall–Kier alpha value is -1.52. The molecule has 2 aromatic heterocycles. The molecule has 4 nitrogen and oxygen atoms in total. The summed E-state index contributed by atoms with van der Waals surface area (Å²) < 4.78 is 0. The van der Waals surface area contributed by atoms with E-state index < -0.39 is 0 Å². The molecule has 2 aromatic rings. The summed E-state index contributed by atoms with van der Waals surface area (Å²) in [4.78, 5) is 12.6. The van der Waals surface area contributed by atoms with Crippen molar-refractivity contribution in [3.8, 4) is 0 Å². The second-order valence-electron chi connectivity index (χ2n) is 3.64. The fourth-order valence-electron chi connectivity index (χ4n) is 1.42. The molecule has 88 valence electrons. The number of pyridine rings is 1. The van der Waals surface area contributed by atoms with Crippen molar-refractivity contribution in [2.45, 2.75) is 19.5 Å². The number of rotatable bonds is 4. The van der Waals surface area contributed by atoms with Gasteiger partial charge in [0.25, 0.3) is 0 Å². The van der Waals surface area contributed by atoms with Gasteiger partial charge in [-0.3, -0.25) is 4.98 Å². The Morgan fingerprint density at radius 2 is 1.88 bits per heavy atom. The molecular weight excluding hydrogens is 236 g/mol. The smallest absolute Gasteiger partial charge is 0.144 e. The highest BCUT2D eigenvalue weighted by atomic mass is 35.5. The van der Waals surface area contributed by atoms with Gasteiger partial charge in [-0.15, -0.1) is 0 Å². The molecular formula is C12H13ClN4. The maximum absolute atomic E-state index is 6.02. The highest BCUT2D eigenvalue weighted by Gasteiger charge is 2.08. The van der Waals surface area contributed by atoms with E-state index in [4.69, 9.17) is 11.6 Å². The van der Waals surface area contributed by atoms with Crippen molar-refractivity contribution in [1.29, 1.82) is 0 Å². The van der Waals surface area contributed by atoms with Crippen molar-refractivity contribution in [1.82, 2.24) is 20.3 Å². The fraction of sp³-hybridized carbons (Fsp3) is 0.250. The Balaban J connectivity index is 1.97. The van der Waals surface area contributed by atoms with Crippen molar-refractivity contribution in [2.75, 3.05) is 0 Å². The Morgan fingerprint density at radius 3 is 2.59 bits per heavy atom. The van der Waals surface area contributed by atoms with Gasteiger partial charge in [0, 0.05) is 25.1 Å². The number of halogens is 1. The summed E-state index contributed by atoms with van der Waals surface area (Å²) >= 11 is 6.02. The van der Waals surface area contributed by atoms with Crippen LogP contribution in [0.5, 0.6) is 0 Å². The van der Waals surface area contributed by atoms with Crippen LogP contribution in [0.4, 0.5) is 0 Å². The van der Waals surface area contributed by atoms with Crippen LogP contribution >= 0.6 is 11.6 Å². The van der Waals surface area contributed by atoms with Gasteiger partial charge >= 0.3 is 0 Å². The first-order valence-electron chi connectivity index (χ1n) is 5.37.